The molecule has 0 saturated carbocycles. The maximum atomic E-state index is 12.2. The maximum absolute atomic E-state index is 12.2. The van der Waals surface area contributed by atoms with E-state index in [2.05, 4.69) is 32.9 Å². The number of benzene rings is 1. The Morgan fingerprint density at radius 3 is 2.60 bits per heavy atom. The number of fused-ring (bicyclic) bond motifs is 1. The van der Waals surface area contributed by atoms with Crippen LogP contribution in [-0.2, 0) is 5.41 Å². The molecule has 1 heterocycles. The van der Waals surface area contributed by atoms with E-state index in [9.17, 15) is 4.79 Å². The third kappa shape index (κ3) is 5.77. The first-order chi connectivity index (χ1) is 12.0. The minimum Gasteiger partial charge on any atom is -0.493 e. The fourth-order valence-corrected chi connectivity index (χ4v) is 4.86. The van der Waals surface area contributed by atoms with Gasteiger partial charge in [-0.25, -0.2) is 0 Å². The lowest BCUT2D eigenvalue weighted by molar-refractivity contribution is 0.101. The van der Waals surface area contributed by atoms with E-state index in [1.165, 1.54) is 72.9 Å². The van der Waals surface area contributed by atoms with Crippen molar-refractivity contribution in [3.8, 4) is 5.75 Å². The zero-order chi connectivity index (χ0) is 18.3. The van der Waals surface area contributed by atoms with Crippen LogP contribution < -0.4 is 4.74 Å². The van der Waals surface area contributed by atoms with Gasteiger partial charge in [-0.1, -0.05) is 52.9 Å². The molecule has 0 atom stereocenters. The highest BCUT2D eigenvalue weighted by Crippen LogP contribution is 2.43. The molecule has 0 saturated heterocycles. The van der Waals surface area contributed by atoms with Crippen LogP contribution in [0, 0.1) is 0 Å². The Hall–Kier alpha value is -0.960. The number of carbonyl (C=O) groups excluding carboxylic acids is 1. The summed E-state index contributed by atoms with van der Waals surface area (Å²) in [5.41, 5.74) is 2.24. The number of ketones is 1. The molecule has 0 amide bonds. The second kappa shape index (κ2) is 9.66. The van der Waals surface area contributed by atoms with Crippen LogP contribution >= 0.6 is 11.8 Å². The van der Waals surface area contributed by atoms with Gasteiger partial charge in [0, 0.05) is 4.90 Å². The lowest BCUT2D eigenvalue weighted by atomic mass is 9.80. The number of hydrogen-bond acceptors (Lipinski definition) is 2. The second-order valence-corrected chi connectivity index (χ2v) is 9.15. The molecule has 0 aliphatic carbocycles. The van der Waals surface area contributed by atoms with Crippen LogP contribution in [0.4, 0.5) is 0 Å². The number of ether oxygens (including phenoxy) is 1. The quantitative estimate of drug-likeness (QED) is 0.307. The first-order valence-corrected chi connectivity index (χ1v) is 11.0. The fourth-order valence-electron chi connectivity index (χ4n) is 3.56. The monoisotopic (exact) mass is 363 g/mol. The number of Topliss-reactive ketones (excluding diaryl/α,β-unsaturated/α-hetero) is 1. The van der Waals surface area contributed by atoms with Gasteiger partial charge in [0.25, 0.3) is 0 Å². The van der Waals surface area contributed by atoms with Crippen molar-refractivity contribution in [2.45, 2.75) is 89.4 Å². The molecule has 1 aliphatic rings. The summed E-state index contributed by atoms with van der Waals surface area (Å²) in [7, 11) is 0. The molecule has 0 fully saturated rings. The van der Waals surface area contributed by atoms with Gasteiger partial charge in [0.15, 0.2) is 5.78 Å². The summed E-state index contributed by atoms with van der Waals surface area (Å²) in [6.45, 7) is 9.21. The van der Waals surface area contributed by atoms with Gasteiger partial charge in [-0.3, -0.25) is 4.79 Å². The van der Waals surface area contributed by atoms with Gasteiger partial charge in [0.2, 0.25) is 0 Å². The predicted molar refractivity (Wildman–Crippen MR) is 110 cm³/mol. The summed E-state index contributed by atoms with van der Waals surface area (Å²) < 4.78 is 6.05. The van der Waals surface area contributed by atoms with E-state index in [-0.39, 0.29) is 11.2 Å². The molecule has 0 bridgehead atoms. The SMILES string of the molecule is CCCCCCCCOc1cc2c(cc1C(C)=O)C(C)(C)CCC[SH]2. The van der Waals surface area contributed by atoms with Crippen molar-refractivity contribution in [1.29, 1.82) is 0 Å². The van der Waals surface area contributed by atoms with Gasteiger partial charge in [0.1, 0.15) is 5.75 Å². The van der Waals surface area contributed by atoms with Crippen molar-refractivity contribution in [1.82, 2.24) is 0 Å². The Morgan fingerprint density at radius 1 is 1.16 bits per heavy atom. The molecule has 1 aliphatic heterocycles. The van der Waals surface area contributed by atoms with Gasteiger partial charge in [-0.15, -0.1) is 0 Å². The van der Waals surface area contributed by atoms with Gasteiger partial charge in [-0.2, -0.15) is 11.8 Å². The van der Waals surface area contributed by atoms with Crippen LogP contribution in [-0.4, -0.2) is 18.1 Å². The number of rotatable bonds is 9. The molecule has 0 aromatic heterocycles. The Bertz CT molecular complexity index is 578. The molecule has 1 aromatic rings. The number of carbonyl (C=O) groups is 1. The van der Waals surface area contributed by atoms with Crippen molar-refractivity contribution in [2.24, 2.45) is 0 Å². The topological polar surface area (TPSA) is 26.3 Å². The smallest absolute Gasteiger partial charge is 0.163 e. The largest absolute Gasteiger partial charge is 0.493 e. The lowest BCUT2D eigenvalue weighted by Crippen LogP contribution is -2.18. The molecular weight excluding hydrogens is 328 g/mol. The van der Waals surface area contributed by atoms with Crippen LogP contribution in [0.1, 0.15) is 95.0 Å². The Labute approximate surface area is 158 Å². The maximum Gasteiger partial charge on any atom is 0.163 e. The van der Waals surface area contributed by atoms with Gasteiger partial charge >= 0.3 is 0 Å². The molecule has 141 valence electrons. The van der Waals surface area contributed by atoms with Crippen LogP contribution in [0.5, 0.6) is 5.75 Å². The summed E-state index contributed by atoms with van der Waals surface area (Å²) >= 11 is 1.37. The molecule has 0 N–H and O–H groups in total. The zero-order valence-electron chi connectivity index (χ0n) is 16.5. The van der Waals surface area contributed by atoms with E-state index in [0.29, 0.717) is 6.61 Å². The van der Waals surface area contributed by atoms with Crippen molar-refractivity contribution >= 4 is 17.5 Å². The first-order valence-electron chi connectivity index (χ1n) is 9.95. The van der Waals surface area contributed by atoms with Crippen molar-refractivity contribution < 1.29 is 9.53 Å². The van der Waals surface area contributed by atoms with E-state index in [4.69, 9.17) is 4.74 Å². The summed E-state index contributed by atoms with van der Waals surface area (Å²) in [5.74, 6) is 2.11. The average Bonchev–Trinajstić information content (AvgIpc) is 2.71. The Kier molecular flexibility index (Phi) is 7.86. The van der Waals surface area contributed by atoms with Crippen LogP contribution in [0.3, 0.4) is 0 Å². The summed E-state index contributed by atoms with van der Waals surface area (Å²) in [6.07, 6.45) is 9.93. The summed E-state index contributed by atoms with van der Waals surface area (Å²) in [6, 6.07) is 4.27. The predicted octanol–water partition coefficient (Wildman–Crippen LogP) is 6.52. The minimum atomic E-state index is 0.109. The zero-order valence-corrected chi connectivity index (χ0v) is 17.4. The minimum absolute atomic E-state index is 0.109. The molecule has 1 radical (unpaired) electrons. The van der Waals surface area contributed by atoms with E-state index in [1.54, 1.807) is 6.92 Å². The second-order valence-electron chi connectivity index (χ2n) is 7.91. The molecule has 25 heavy (non-hydrogen) atoms. The van der Waals surface area contributed by atoms with Gasteiger partial charge < -0.3 is 4.74 Å². The molecule has 0 spiro atoms. The average molecular weight is 364 g/mol. The number of thiol groups is 1. The van der Waals surface area contributed by atoms with Crippen LogP contribution in [0.15, 0.2) is 17.0 Å². The van der Waals surface area contributed by atoms with Crippen molar-refractivity contribution in [2.75, 3.05) is 12.4 Å². The van der Waals surface area contributed by atoms with E-state index in [1.807, 2.05) is 0 Å². The highest BCUT2D eigenvalue weighted by atomic mass is 32.2. The normalized spacial score (nSPS) is 16.2. The molecule has 1 aromatic carbocycles. The fraction of sp³-hybridized carbons (Fsp3) is 0.682. The van der Waals surface area contributed by atoms with Gasteiger partial charge in [0.05, 0.1) is 12.2 Å². The number of unbranched alkanes of at least 4 members (excludes halogenated alkanes) is 5. The standard InChI is InChI=1S/C22H35O2S/c1-5-6-7-8-9-10-13-24-20-16-21-19(15-18(20)17(2)23)22(3,4)12-11-14-25-21/h15-16,25H,5-14H2,1-4H3. The highest BCUT2D eigenvalue weighted by molar-refractivity contribution is 7.99. The van der Waals surface area contributed by atoms with Gasteiger partial charge in [-0.05, 0) is 55.1 Å². The third-order valence-corrected chi connectivity index (χ3v) is 6.45. The first kappa shape index (κ1) is 20.4. The highest BCUT2D eigenvalue weighted by Gasteiger charge is 2.28. The molecule has 3 heteroatoms. The van der Waals surface area contributed by atoms with Crippen molar-refractivity contribution in [3.63, 3.8) is 0 Å². The van der Waals surface area contributed by atoms with E-state index < -0.39 is 0 Å². The number of hydrogen-bond donors (Lipinski definition) is 1. The third-order valence-electron chi connectivity index (χ3n) is 5.20. The summed E-state index contributed by atoms with van der Waals surface area (Å²) in [5, 5.41) is 0. The van der Waals surface area contributed by atoms with E-state index in [0.717, 1.165) is 17.7 Å². The summed E-state index contributed by atoms with van der Waals surface area (Å²) in [4.78, 5) is 13.5. The van der Waals surface area contributed by atoms with Crippen LogP contribution in [0.25, 0.3) is 0 Å². The molecular formula is C22H35O2S. The van der Waals surface area contributed by atoms with Crippen molar-refractivity contribution in [3.05, 3.63) is 23.3 Å². The van der Waals surface area contributed by atoms with E-state index >= 15 is 0 Å². The molecule has 2 rings (SSSR count). The molecule has 0 unspecified atom stereocenters. The van der Waals surface area contributed by atoms with Crippen LogP contribution in [0.2, 0.25) is 0 Å². The Morgan fingerprint density at radius 2 is 1.88 bits per heavy atom. The lowest BCUT2D eigenvalue weighted by Gasteiger charge is -2.26. The molecule has 2 nitrogen and oxygen atoms in total. The Balaban J connectivity index is 2.07.